The van der Waals surface area contributed by atoms with Crippen molar-refractivity contribution in [2.24, 2.45) is 5.92 Å². The molecule has 2 atom stereocenters. The first kappa shape index (κ1) is 20.9. The van der Waals surface area contributed by atoms with Crippen molar-refractivity contribution in [1.82, 2.24) is 20.1 Å². The van der Waals surface area contributed by atoms with Crippen LogP contribution in [-0.2, 0) is 16.1 Å². The summed E-state index contributed by atoms with van der Waals surface area (Å²) >= 11 is 1.43. The summed E-state index contributed by atoms with van der Waals surface area (Å²) in [5, 5.41) is 12.7. The Morgan fingerprint density at radius 1 is 1.39 bits per heavy atom. The van der Waals surface area contributed by atoms with Crippen molar-refractivity contribution in [1.29, 1.82) is 0 Å². The smallest absolute Gasteiger partial charge is 0.230 e. The molecule has 0 radical (unpaired) electrons. The van der Waals surface area contributed by atoms with Crippen molar-refractivity contribution in [2.75, 3.05) is 19.5 Å². The van der Waals surface area contributed by atoms with Gasteiger partial charge in [-0.15, -0.1) is 10.2 Å². The molecule has 1 saturated carbocycles. The van der Waals surface area contributed by atoms with Gasteiger partial charge in [-0.2, -0.15) is 0 Å². The minimum Gasteiger partial charge on any atom is -0.469 e. The third-order valence-corrected chi connectivity index (χ3v) is 6.30. The SMILES string of the molecule is COCCCn1c(SCC(=O)N[C@@H]2CCCC[C@@H]2C)nnc1-c1ccoc1C. The van der Waals surface area contributed by atoms with Crippen LogP contribution in [0.4, 0.5) is 0 Å². The minimum atomic E-state index is 0.0660. The summed E-state index contributed by atoms with van der Waals surface area (Å²) in [6, 6.07) is 2.20. The molecule has 0 saturated heterocycles. The Morgan fingerprint density at radius 3 is 2.93 bits per heavy atom. The van der Waals surface area contributed by atoms with Gasteiger partial charge in [0.15, 0.2) is 11.0 Å². The third kappa shape index (κ3) is 5.17. The summed E-state index contributed by atoms with van der Waals surface area (Å²) < 4.78 is 12.7. The molecule has 3 rings (SSSR count). The van der Waals surface area contributed by atoms with Gasteiger partial charge in [0.25, 0.3) is 0 Å². The zero-order valence-corrected chi connectivity index (χ0v) is 17.8. The fraction of sp³-hybridized carbons (Fsp3) is 0.650. The van der Waals surface area contributed by atoms with E-state index in [0.717, 1.165) is 41.7 Å². The highest BCUT2D eigenvalue weighted by atomic mass is 32.2. The van der Waals surface area contributed by atoms with E-state index in [1.54, 1.807) is 13.4 Å². The van der Waals surface area contributed by atoms with Gasteiger partial charge < -0.3 is 19.0 Å². The molecule has 28 heavy (non-hydrogen) atoms. The van der Waals surface area contributed by atoms with Crippen LogP contribution in [0.5, 0.6) is 0 Å². The zero-order chi connectivity index (χ0) is 19.9. The number of carbonyl (C=O) groups is 1. The van der Waals surface area contributed by atoms with Crippen LogP contribution in [0.25, 0.3) is 11.4 Å². The Hall–Kier alpha value is -1.80. The van der Waals surface area contributed by atoms with Crippen molar-refractivity contribution in [3.05, 3.63) is 18.1 Å². The molecule has 7 nitrogen and oxygen atoms in total. The number of rotatable bonds is 9. The first-order valence-electron chi connectivity index (χ1n) is 9.99. The molecule has 0 aromatic carbocycles. The number of hydrogen-bond acceptors (Lipinski definition) is 6. The number of carbonyl (C=O) groups excluding carboxylic acids is 1. The monoisotopic (exact) mass is 406 g/mol. The number of ether oxygens (including phenoxy) is 1. The molecule has 1 N–H and O–H groups in total. The Kier molecular flexibility index (Phi) is 7.56. The van der Waals surface area contributed by atoms with Crippen molar-refractivity contribution >= 4 is 17.7 Å². The average molecular weight is 407 g/mol. The van der Waals surface area contributed by atoms with Gasteiger partial charge in [-0.1, -0.05) is 31.5 Å². The molecule has 1 fully saturated rings. The summed E-state index contributed by atoms with van der Waals surface area (Å²) in [6.45, 7) is 5.52. The van der Waals surface area contributed by atoms with Crippen molar-refractivity contribution in [3.63, 3.8) is 0 Å². The number of methoxy groups -OCH3 is 1. The molecule has 2 aromatic heterocycles. The molecular formula is C20H30N4O3S. The quantitative estimate of drug-likeness (QED) is 0.505. The lowest BCUT2D eigenvalue weighted by atomic mass is 9.86. The molecule has 154 valence electrons. The highest BCUT2D eigenvalue weighted by Gasteiger charge is 2.23. The summed E-state index contributed by atoms with van der Waals surface area (Å²) in [5.41, 5.74) is 0.928. The van der Waals surface area contributed by atoms with Gasteiger partial charge in [-0.05, 0) is 38.2 Å². The van der Waals surface area contributed by atoms with E-state index in [9.17, 15) is 4.79 Å². The van der Waals surface area contributed by atoms with E-state index in [4.69, 9.17) is 9.15 Å². The predicted octanol–water partition coefficient (Wildman–Crippen LogP) is 3.67. The zero-order valence-electron chi connectivity index (χ0n) is 16.9. The number of aromatic nitrogens is 3. The van der Waals surface area contributed by atoms with E-state index in [2.05, 4.69) is 27.0 Å². The minimum absolute atomic E-state index is 0.0660. The molecular weight excluding hydrogens is 376 g/mol. The third-order valence-electron chi connectivity index (χ3n) is 5.34. The van der Waals surface area contributed by atoms with Crippen LogP contribution in [0.3, 0.4) is 0 Å². The Balaban J connectivity index is 1.66. The van der Waals surface area contributed by atoms with Crippen LogP contribution in [-0.4, -0.2) is 46.2 Å². The van der Waals surface area contributed by atoms with Gasteiger partial charge in [0.05, 0.1) is 17.6 Å². The van der Waals surface area contributed by atoms with Crippen LogP contribution >= 0.6 is 11.8 Å². The van der Waals surface area contributed by atoms with Gasteiger partial charge in [-0.3, -0.25) is 4.79 Å². The standard InChI is InChI=1S/C20H30N4O3S/c1-14-7-4-5-8-17(14)21-18(25)13-28-20-23-22-19(16-9-12-27-15(16)2)24(20)10-6-11-26-3/h9,12,14,17H,4-8,10-11,13H2,1-3H3,(H,21,25)/t14-,17+/m0/s1. The van der Waals surface area contributed by atoms with E-state index in [-0.39, 0.29) is 5.91 Å². The van der Waals surface area contributed by atoms with Gasteiger partial charge in [0, 0.05) is 26.3 Å². The summed E-state index contributed by atoms with van der Waals surface area (Å²) in [5.74, 6) is 2.54. The fourth-order valence-electron chi connectivity index (χ4n) is 3.69. The first-order valence-corrected chi connectivity index (χ1v) is 11.0. The molecule has 2 aromatic rings. The first-order chi connectivity index (χ1) is 13.6. The fourth-order valence-corrected chi connectivity index (χ4v) is 4.47. The Morgan fingerprint density at radius 2 is 2.21 bits per heavy atom. The van der Waals surface area contributed by atoms with E-state index in [1.807, 2.05) is 13.0 Å². The number of furan rings is 1. The van der Waals surface area contributed by atoms with E-state index >= 15 is 0 Å². The number of nitrogens with one attached hydrogen (secondary N) is 1. The lowest BCUT2D eigenvalue weighted by Gasteiger charge is -2.29. The van der Waals surface area contributed by atoms with Gasteiger partial charge >= 0.3 is 0 Å². The summed E-state index contributed by atoms with van der Waals surface area (Å²) in [6.07, 6.45) is 7.24. The normalized spacial score (nSPS) is 19.7. The maximum atomic E-state index is 12.5. The number of thioether (sulfide) groups is 1. The number of aryl methyl sites for hydroxylation is 1. The van der Waals surface area contributed by atoms with Crippen LogP contribution < -0.4 is 5.32 Å². The Bertz CT molecular complexity index is 773. The molecule has 0 spiro atoms. The second-order valence-electron chi connectivity index (χ2n) is 7.42. The molecule has 8 heteroatoms. The largest absolute Gasteiger partial charge is 0.469 e. The maximum absolute atomic E-state index is 12.5. The van der Waals surface area contributed by atoms with Crippen molar-refractivity contribution in [3.8, 4) is 11.4 Å². The van der Waals surface area contributed by atoms with Gasteiger partial charge in [0.2, 0.25) is 5.91 Å². The van der Waals surface area contributed by atoms with Crippen LogP contribution in [0, 0.1) is 12.8 Å². The summed E-state index contributed by atoms with van der Waals surface area (Å²) in [4.78, 5) is 12.5. The van der Waals surface area contributed by atoms with Crippen LogP contribution in [0.15, 0.2) is 21.9 Å². The van der Waals surface area contributed by atoms with E-state index in [1.165, 1.54) is 31.0 Å². The molecule has 1 aliphatic carbocycles. The van der Waals surface area contributed by atoms with Gasteiger partial charge in [0.1, 0.15) is 5.76 Å². The number of hydrogen-bond donors (Lipinski definition) is 1. The maximum Gasteiger partial charge on any atom is 0.230 e. The van der Waals surface area contributed by atoms with Gasteiger partial charge in [-0.25, -0.2) is 0 Å². The highest BCUT2D eigenvalue weighted by molar-refractivity contribution is 7.99. The number of amides is 1. The molecule has 0 unspecified atom stereocenters. The number of nitrogens with zero attached hydrogens (tertiary/aromatic N) is 3. The molecule has 1 aliphatic rings. The second kappa shape index (κ2) is 10.1. The lowest BCUT2D eigenvalue weighted by Crippen LogP contribution is -2.41. The van der Waals surface area contributed by atoms with E-state index in [0.29, 0.717) is 24.3 Å². The molecule has 0 bridgehead atoms. The molecule has 0 aliphatic heterocycles. The second-order valence-corrected chi connectivity index (χ2v) is 8.36. The van der Waals surface area contributed by atoms with Crippen molar-refractivity contribution in [2.45, 2.75) is 63.7 Å². The topological polar surface area (TPSA) is 82.2 Å². The lowest BCUT2D eigenvalue weighted by molar-refractivity contribution is -0.119. The summed E-state index contributed by atoms with van der Waals surface area (Å²) in [7, 11) is 1.69. The van der Waals surface area contributed by atoms with Crippen LogP contribution in [0.2, 0.25) is 0 Å². The van der Waals surface area contributed by atoms with Crippen LogP contribution in [0.1, 0.15) is 44.8 Å². The van der Waals surface area contributed by atoms with E-state index < -0.39 is 0 Å². The predicted molar refractivity (Wildman–Crippen MR) is 109 cm³/mol. The van der Waals surface area contributed by atoms with Crippen molar-refractivity contribution < 1.29 is 13.9 Å². The molecule has 2 heterocycles. The average Bonchev–Trinajstić information content (AvgIpc) is 3.28. The highest BCUT2D eigenvalue weighted by Crippen LogP contribution is 2.28. The molecule has 1 amide bonds. The Labute approximate surface area is 170 Å².